The van der Waals surface area contributed by atoms with Gasteiger partial charge in [0.05, 0.1) is 5.69 Å². The second-order valence-electron chi connectivity index (χ2n) is 6.23. The Balaban J connectivity index is 1.63. The Labute approximate surface area is 148 Å². The Morgan fingerprint density at radius 3 is 2.85 bits per heavy atom. The number of aromatic nitrogens is 3. The van der Waals surface area contributed by atoms with Crippen LogP contribution >= 0.6 is 0 Å². The lowest BCUT2D eigenvalue weighted by molar-refractivity contribution is 0.236. The molecule has 0 radical (unpaired) electrons. The molecule has 1 N–H and O–H groups in total. The van der Waals surface area contributed by atoms with E-state index in [1.54, 1.807) is 24.4 Å². The van der Waals surface area contributed by atoms with Crippen molar-refractivity contribution in [2.75, 3.05) is 6.54 Å². The number of fused-ring (bicyclic) bond motifs is 1. The van der Waals surface area contributed by atoms with E-state index < -0.39 is 11.6 Å². The molecule has 2 aromatic heterocycles. The number of benzene rings is 1. The summed E-state index contributed by atoms with van der Waals surface area (Å²) in [5, 5.41) is 0. The van der Waals surface area contributed by atoms with Gasteiger partial charge in [-0.25, -0.2) is 13.8 Å². The number of nitrogens with zero attached hydrogens (tertiary/aromatic N) is 3. The van der Waals surface area contributed by atoms with Crippen LogP contribution in [0.1, 0.15) is 16.8 Å². The predicted octanol–water partition coefficient (Wildman–Crippen LogP) is 2.67. The molecule has 1 aliphatic rings. The van der Waals surface area contributed by atoms with E-state index in [4.69, 9.17) is 0 Å². The number of pyridine rings is 1. The van der Waals surface area contributed by atoms with Gasteiger partial charge in [0, 0.05) is 37.0 Å². The Bertz CT molecular complexity index is 1000. The van der Waals surface area contributed by atoms with Crippen LogP contribution in [0.25, 0.3) is 11.5 Å². The summed E-state index contributed by atoms with van der Waals surface area (Å²) in [6.07, 6.45) is 2.14. The Morgan fingerprint density at radius 1 is 1.15 bits per heavy atom. The molecule has 4 rings (SSSR count). The van der Waals surface area contributed by atoms with Gasteiger partial charge in [0.15, 0.2) is 17.5 Å². The quantitative estimate of drug-likeness (QED) is 0.786. The molecule has 5 nitrogen and oxygen atoms in total. The van der Waals surface area contributed by atoms with Gasteiger partial charge < -0.3 is 4.98 Å². The molecule has 0 spiro atoms. The fourth-order valence-corrected chi connectivity index (χ4v) is 3.16. The summed E-state index contributed by atoms with van der Waals surface area (Å²) < 4.78 is 27.3. The van der Waals surface area contributed by atoms with Gasteiger partial charge in [-0.3, -0.25) is 14.7 Å². The zero-order valence-electron chi connectivity index (χ0n) is 13.9. The molecular weight excluding hydrogens is 338 g/mol. The van der Waals surface area contributed by atoms with Crippen molar-refractivity contribution in [2.45, 2.75) is 19.5 Å². The lowest BCUT2D eigenvalue weighted by Crippen LogP contribution is -2.35. The minimum absolute atomic E-state index is 0.174. The molecule has 132 valence electrons. The van der Waals surface area contributed by atoms with Crippen molar-refractivity contribution in [3.05, 3.63) is 81.4 Å². The molecule has 3 aromatic rings. The number of aromatic amines is 1. The monoisotopic (exact) mass is 354 g/mol. The first-order valence-corrected chi connectivity index (χ1v) is 8.30. The molecule has 0 fully saturated rings. The molecule has 0 amide bonds. The van der Waals surface area contributed by atoms with E-state index in [0.717, 1.165) is 6.07 Å². The lowest BCUT2D eigenvalue weighted by Gasteiger charge is -2.27. The van der Waals surface area contributed by atoms with Gasteiger partial charge in [-0.1, -0.05) is 18.2 Å². The molecule has 0 saturated heterocycles. The molecule has 0 bridgehead atoms. The van der Waals surface area contributed by atoms with Crippen LogP contribution in [0.2, 0.25) is 0 Å². The van der Waals surface area contributed by atoms with Crippen LogP contribution < -0.4 is 5.56 Å². The van der Waals surface area contributed by atoms with Crippen LogP contribution in [0, 0.1) is 11.6 Å². The second-order valence-corrected chi connectivity index (χ2v) is 6.23. The van der Waals surface area contributed by atoms with Crippen molar-refractivity contribution in [1.82, 2.24) is 19.9 Å². The molecule has 7 heteroatoms. The van der Waals surface area contributed by atoms with Crippen molar-refractivity contribution < 1.29 is 8.78 Å². The summed E-state index contributed by atoms with van der Waals surface area (Å²) in [5.41, 5.74) is 1.99. The highest BCUT2D eigenvalue weighted by Gasteiger charge is 2.22. The van der Waals surface area contributed by atoms with Crippen LogP contribution in [0.4, 0.5) is 8.78 Å². The highest BCUT2D eigenvalue weighted by molar-refractivity contribution is 5.49. The molecule has 1 aromatic carbocycles. The lowest BCUT2D eigenvalue weighted by atomic mass is 10.1. The van der Waals surface area contributed by atoms with Gasteiger partial charge in [0.1, 0.15) is 5.69 Å². The third-order valence-corrected chi connectivity index (χ3v) is 4.49. The number of rotatable bonds is 3. The topological polar surface area (TPSA) is 61.9 Å². The standard InChI is InChI=1S/C19H16F2N4O/c20-14-5-3-4-12(17(14)21)10-25-9-7-13-16(11-25)23-18(24-19(13)26)15-6-1-2-8-22-15/h1-6,8H,7,9-11H2,(H,23,24,26). The van der Waals surface area contributed by atoms with E-state index in [1.165, 1.54) is 6.07 Å². The summed E-state index contributed by atoms with van der Waals surface area (Å²) in [5.74, 6) is -1.27. The molecule has 0 saturated carbocycles. The zero-order chi connectivity index (χ0) is 18.1. The van der Waals surface area contributed by atoms with Crippen LogP contribution in [-0.2, 0) is 19.5 Å². The van der Waals surface area contributed by atoms with Gasteiger partial charge >= 0.3 is 0 Å². The zero-order valence-corrected chi connectivity index (χ0v) is 13.9. The van der Waals surface area contributed by atoms with Crippen LogP contribution in [0.15, 0.2) is 47.4 Å². The van der Waals surface area contributed by atoms with Crippen LogP contribution in [0.5, 0.6) is 0 Å². The molecule has 0 aliphatic carbocycles. The summed E-state index contributed by atoms with van der Waals surface area (Å²) in [6.45, 7) is 1.24. The largest absolute Gasteiger partial charge is 0.305 e. The molecule has 3 heterocycles. The van der Waals surface area contributed by atoms with Gasteiger partial charge in [0.25, 0.3) is 5.56 Å². The van der Waals surface area contributed by atoms with Crippen molar-refractivity contribution >= 4 is 0 Å². The fourth-order valence-electron chi connectivity index (χ4n) is 3.16. The molecule has 26 heavy (non-hydrogen) atoms. The van der Waals surface area contributed by atoms with Crippen molar-refractivity contribution in [3.8, 4) is 11.5 Å². The smallest absolute Gasteiger partial charge is 0.254 e. The maximum Gasteiger partial charge on any atom is 0.254 e. The fraction of sp³-hybridized carbons (Fsp3) is 0.211. The Hall–Kier alpha value is -2.93. The number of hydrogen-bond donors (Lipinski definition) is 1. The van der Waals surface area contributed by atoms with Gasteiger partial charge in [0.2, 0.25) is 0 Å². The minimum atomic E-state index is -0.855. The normalized spacial score (nSPS) is 14.2. The van der Waals surface area contributed by atoms with E-state index in [-0.39, 0.29) is 12.1 Å². The average molecular weight is 354 g/mol. The van der Waals surface area contributed by atoms with E-state index in [9.17, 15) is 13.6 Å². The van der Waals surface area contributed by atoms with Gasteiger partial charge in [-0.05, 0) is 24.6 Å². The summed E-state index contributed by atoms with van der Waals surface area (Å²) in [4.78, 5) is 25.9. The Kier molecular flexibility index (Phi) is 4.30. The highest BCUT2D eigenvalue weighted by atomic mass is 19.2. The van der Waals surface area contributed by atoms with E-state index >= 15 is 0 Å². The van der Waals surface area contributed by atoms with E-state index in [1.807, 2.05) is 11.0 Å². The number of nitrogens with one attached hydrogen (secondary N) is 1. The summed E-state index contributed by atoms with van der Waals surface area (Å²) in [6, 6.07) is 9.54. The average Bonchev–Trinajstić information content (AvgIpc) is 2.66. The first-order chi connectivity index (χ1) is 12.6. The third kappa shape index (κ3) is 3.13. The van der Waals surface area contributed by atoms with Gasteiger partial charge in [-0.2, -0.15) is 0 Å². The SMILES string of the molecule is O=c1[nH]c(-c2ccccn2)nc2c1CCN(Cc1cccc(F)c1F)C2. The minimum Gasteiger partial charge on any atom is -0.305 e. The van der Waals surface area contributed by atoms with Gasteiger partial charge in [-0.15, -0.1) is 0 Å². The molecular formula is C19H16F2N4O. The molecule has 0 atom stereocenters. The third-order valence-electron chi connectivity index (χ3n) is 4.49. The summed E-state index contributed by atoms with van der Waals surface area (Å²) in [7, 11) is 0. The van der Waals surface area contributed by atoms with E-state index in [0.29, 0.717) is 47.8 Å². The first-order valence-electron chi connectivity index (χ1n) is 8.30. The number of H-pyrrole nitrogens is 1. The number of hydrogen-bond acceptors (Lipinski definition) is 4. The van der Waals surface area contributed by atoms with Crippen LogP contribution in [0.3, 0.4) is 0 Å². The molecule has 1 aliphatic heterocycles. The van der Waals surface area contributed by atoms with Crippen molar-refractivity contribution in [1.29, 1.82) is 0 Å². The first kappa shape index (κ1) is 16.5. The maximum atomic E-state index is 13.9. The highest BCUT2D eigenvalue weighted by Crippen LogP contribution is 2.20. The maximum absolute atomic E-state index is 13.9. The number of halogens is 2. The second kappa shape index (κ2) is 6.76. The summed E-state index contributed by atoms with van der Waals surface area (Å²) >= 11 is 0. The van der Waals surface area contributed by atoms with E-state index in [2.05, 4.69) is 15.0 Å². The Morgan fingerprint density at radius 2 is 2.04 bits per heavy atom. The van der Waals surface area contributed by atoms with Crippen molar-refractivity contribution in [2.24, 2.45) is 0 Å². The van der Waals surface area contributed by atoms with Crippen LogP contribution in [-0.4, -0.2) is 26.4 Å². The van der Waals surface area contributed by atoms with Crippen molar-refractivity contribution in [3.63, 3.8) is 0 Å². The predicted molar refractivity (Wildman–Crippen MR) is 92.3 cm³/mol. The molecule has 0 unspecified atom stereocenters.